The van der Waals surface area contributed by atoms with Gasteiger partial charge in [-0.1, -0.05) is 0 Å². The summed E-state index contributed by atoms with van der Waals surface area (Å²) in [5.74, 6) is 1.30. The topological polar surface area (TPSA) is 57.4 Å². The van der Waals surface area contributed by atoms with Gasteiger partial charge in [-0.2, -0.15) is 0 Å². The Morgan fingerprint density at radius 3 is 2.59 bits per heavy atom. The molecule has 0 saturated heterocycles. The summed E-state index contributed by atoms with van der Waals surface area (Å²) in [7, 11) is 3.21. The molecule has 1 heterocycles. The summed E-state index contributed by atoms with van der Waals surface area (Å²) in [6, 6.07) is 9.25. The molecule has 0 atom stereocenters. The first-order valence-electron chi connectivity index (χ1n) is 5.19. The Labute approximate surface area is 100 Å². The van der Waals surface area contributed by atoms with E-state index in [1.54, 1.807) is 26.5 Å². The molecule has 0 saturated carbocycles. The Balaban J connectivity index is 2.59. The van der Waals surface area contributed by atoms with E-state index in [-0.39, 0.29) is 0 Å². The van der Waals surface area contributed by atoms with Crippen LogP contribution in [0.1, 0.15) is 0 Å². The summed E-state index contributed by atoms with van der Waals surface area (Å²) in [4.78, 5) is 4.15. The second kappa shape index (κ2) is 4.74. The maximum absolute atomic E-state index is 5.96. The van der Waals surface area contributed by atoms with E-state index in [9.17, 15) is 0 Å². The zero-order valence-electron chi connectivity index (χ0n) is 9.81. The van der Waals surface area contributed by atoms with Crippen LogP contribution in [-0.2, 0) is 0 Å². The molecule has 0 amide bonds. The van der Waals surface area contributed by atoms with Crippen molar-refractivity contribution in [3.8, 4) is 22.8 Å². The van der Waals surface area contributed by atoms with E-state index in [0.29, 0.717) is 11.6 Å². The van der Waals surface area contributed by atoms with Gasteiger partial charge in [-0.15, -0.1) is 0 Å². The van der Waals surface area contributed by atoms with Crippen LogP contribution < -0.4 is 15.2 Å². The maximum atomic E-state index is 5.96. The van der Waals surface area contributed by atoms with Crippen molar-refractivity contribution in [1.29, 1.82) is 0 Å². The van der Waals surface area contributed by atoms with Crippen molar-refractivity contribution in [3.63, 3.8) is 0 Å². The minimum atomic E-state index is 0.549. The number of aromatic nitrogens is 1. The number of hydrogen-bond acceptors (Lipinski definition) is 4. The molecule has 2 aromatic rings. The molecule has 4 nitrogen and oxygen atoms in total. The first kappa shape index (κ1) is 11.3. The number of anilines is 1. The minimum Gasteiger partial charge on any atom is -0.497 e. The largest absolute Gasteiger partial charge is 0.497 e. The minimum absolute atomic E-state index is 0.549. The summed E-state index contributed by atoms with van der Waals surface area (Å²) in [5.41, 5.74) is 8.33. The number of ether oxygens (including phenoxy) is 2. The highest BCUT2D eigenvalue weighted by atomic mass is 16.5. The lowest BCUT2D eigenvalue weighted by atomic mass is 10.0. The van der Waals surface area contributed by atoms with Crippen LogP contribution in [0.2, 0.25) is 0 Å². The summed E-state index contributed by atoms with van der Waals surface area (Å²) < 4.78 is 10.4. The smallest absolute Gasteiger partial charge is 0.221 e. The lowest BCUT2D eigenvalue weighted by Crippen LogP contribution is -1.95. The lowest BCUT2D eigenvalue weighted by Gasteiger charge is -2.10. The fourth-order valence-electron chi connectivity index (χ4n) is 1.65. The van der Waals surface area contributed by atoms with E-state index in [1.807, 2.05) is 24.3 Å². The van der Waals surface area contributed by atoms with Crippen LogP contribution in [0.4, 0.5) is 5.69 Å². The molecule has 0 aliphatic rings. The van der Waals surface area contributed by atoms with Crippen LogP contribution in [0, 0.1) is 0 Å². The Bertz CT molecular complexity index is 527. The molecule has 0 unspecified atom stereocenters. The number of methoxy groups -OCH3 is 2. The fraction of sp³-hybridized carbons (Fsp3) is 0.154. The van der Waals surface area contributed by atoms with Crippen LogP contribution in [-0.4, -0.2) is 19.2 Å². The fourth-order valence-corrected chi connectivity index (χ4v) is 1.65. The van der Waals surface area contributed by atoms with Gasteiger partial charge in [0.1, 0.15) is 5.75 Å². The quantitative estimate of drug-likeness (QED) is 0.822. The molecular formula is C13H14N2O2. The van der Waals surface area contributed by atoms with E-state index < -0.39 is 0 Å². The number of rotatable bonds is 3. The van der Waals surface area contributed by atoms with Crippen molar-refractivity contribution in [3.05, 3.63) is 36.5 Å². The van der Waals surface area contributed by atoms with Gasteiger partial charge in [0.15, 0.2) is 0 Å². The molecule has 88 valence electrons. The zero-order valence-corrected chi connectivity index (χ0v) is 9.81. The Morgan fingerprint density at radius 2 is 1.88 bits per heavy atom. The second-order valence-electron chi connectivity index (χ2n) is 3.51. The molecule has 1 aromatic heterocycles. The van der Waals surface area contributed by atoms with Crippen LogP contribution in [0.5, 0.6) is 11.6 Å². The first-order valence-corrected chi connectivity index (χ1v) is 5.19. The number of benzene rings is 1. The van der Waals surface area contributed by atoms with E-state index in [4.69, 9.17) is 15.2 Å². The van der Waals surface area contributed by atoms with Crippen molar-refractivity contribution in [2.75, 3.05) is 20.0 Å². The summed E-state index contributed by atoms with van der Waals surface area (Å²) in [6.07, 6.45) is 1.68. The van der Waals surface area contributed by atoms with Gasteiger partial charge in [0, 0.05) is 23.0 Å². The zero-order chi connectivity index (χ0) is 12.3. The average Bonchev–Trinajstić information content (AvgIpc) is 2.39. The molecule has 2 rings (SSSR count). The van der Waals surface area contributed by atoms with Crippen molar-refractivity contribution in [1.82, 2.24) is 4.98 Å². The number of hydrogen-bond donors (Lipinski definition) is 1. The Morgan fingerprint density at radius 1 is 1.06 bits per heavy atom. The third kappa shape index (κ3) is 2.15. The number of nitrogen functional groups attached to an aromatic ring is 1. The molecule has 2 N–H and O–H groups in total. The summed E-state index contributed by atoms with van der Waals surface area (Å²) in [5, 5.41) is 0. The highest BCUT2D eigenvalue weighted by molar-refractivity contribution is 5.80. The predicted octanol–water partition coefficient (Wildman–Crippen LogP) is 2.35. The molecule has 17 heavy (non-hydrogen) atoms. The van der Waals surface area contributed by atoms with E-state index >= 15 is 0 Å². The van der Waals surface area contributed by atoms with E-state index in [0.717, 1.165) is 16.9 Å². The lowest BCUT2D eigenvalue weighted by molar-refractivity contribution is 0.399. The van der Waals surface area contributed by atoms with Gasteiger partial charge >= 0.3 is 0 Å². The molecule has 0 aliphatic carbocycles. The summed E-state index contributed by atoms with van der Waals surface area (Å²) in [6.45, 7) is 0. The molecule has 0 aliphatic heterocycles. The summed E-state index contributed by atoms with van der Waals surface area (Å²) >= 11 is 0. The third-order valence-corrected chi connectivity index (χ3v) is 2.52. The molecule has 0 fully saturated rings. The van der Waals surface area contributed by atoms with Crippen molar-refractivity contribution in [2.24, 2.45) is 0 Å². The second-order valence-corrected chi connectivity index (χ2v) is 3.51. The van der Waals surface area contributed by atoms with Gasteiger partial charge in [0.05, 0.1) is 14.2 Å². The molecule has 0 spiro atoms. The van der Waals surface area contributed by atoms with Gasteiger partial charge in [0.2, 0.25) is 5.88 Å². The molecule has 0 radical (unpaired) electrons. The van der Waals surface area contributed by atoms with Gasteiger partial charge in [-0.3, -0.25) is 0 Å². The standard InChI is InChI=1S/C13H14N2O2/c1-16-9-5-6-12(14)11(8-9)10-4-3-7-15-13(10)17-2/h3-8H,14H2,1-2H3. The van der Waals surface area contributed by atoms with Gasteiger partial charge in [0.25, 0.3) is 0 Å². The van der Waals surface area contributed by atoms with Crippen LogP contribution >= 0.6 is 0 Å². The number of pyridine rings is 1. The third-order valence-electron chi connectivity index (χ3n) is 2.52. The van der Waals surface area contributed by atoms with Crippen LogP contribution in [0.15, 0.2) is 36.5 Å². The van der Waals surface area contributed by atoms with Gasteiger partial charge in [-0.05, 0) is 30.3 Å². The highest BCUT2D eigenvalue weighted by Crippen LogP contribution is 2.34. The first-order chi connectivity index (χ1) is 8.26. The SMILES string of the molecule is COc1ccc(N)c(-c2cccnc2OC)c1. The van der Waals surface area contributed by atoms with E-state index in [1.165, 1.54) is 0 Å². The molecule has 4 heteroatoms. The van der Waals surface area contributed by atoms with Crippen molar-refractivity contribution in [2.45, 2.75) is 0 Å². The van der Waals surface area contributed by atoms with Crippen molar-refractivity contribution >= 4 is 5.69 Å². The normalized spacial score (nSPS) is 10.0. The molecule has 1 aromatic carbocycles. The number of nitrogens with zero attached hydrogens (tertiary/aromatic N) is 1. The number of nitrogens with two attached hydrogens (primary N) is 1. The van der Waals surface area contributed by atoms with E-state index in [2.05, 4.69) is 4.98 Å². The van der Waals surface area contributed by atoms with Gasteiger partial charge in [-0.25, -0.2) is 4.98 Å². The van der Waals surface area contributed by atoms with Crippen LogP contribution in [0.3, 0.4) is 0 Å². The Kier molecular flexibility index (Phi) is 3.14. The average molecular weight is 230 g/mol. The highest BCUT2D eigenvalue weighted by Gasteiger charge is 2.10. The molecular weight excluding hydrogens is 216 g/mol. The van der Waals surface area contributed by atoms with Gasteiger partial charge < -0.3 is 15.2 Å². The Hall–Kier alpha value is -2.23. The molecule has 0 bridgehead atoms. The van der Waals surface area contributed by atoms with Crippen LogP contribution in [0.25, 0.3) is 11.1 Å². The predicted molar refractivity (Wildman–Crippen MR) is 67.2 cm³/mol. The van der Waals surface area contributed by atoms with Crippen molar-refractivity contribution < 1.29 is 9.47 Å². The monoisotopic (exact) mass is 230 g/mol. The maximum Gasteiger partial charge on any atom is 0.221 e.